The Morgan fingerprint density at radius 1 is 1.50 bits per heavy atom. The summed E-state index contributed by atoms with van der Waals surface area (Å²) in [4.78, 5) is 0. The van der Waals surface area contributed by atoms with Crippen molar-refractivity contribution >= 4 is 11.8 Å². The summed E-state index contributed by atoms with van der Waals surface area (Å²) in [5.41, 5.74) is 0. The summed E-state index contributed by atoms with van der Waals surface area (Å²) < 4.78 is 7.48. The molecule has 20 heavy (non-hydrogen) atoms. The summed E-state index contributed by atoms with van der Waals surface area (Å²) in [6.45, 7) is 2.88. The lowest BCUT2D eigenvalue weighted by atomic mass is 10.1. The van der Waals surface area contributed by atoms with Crippen molar-refractivity contribution in [1.29, 1.82) is 5.26 Å². The molecule has 2 heterocycles. The second-order valence-electron chi connectivity index (χ2n) is 4.91. The Balaban J connectivity index is 1.79. The van der Waals surface area contributed by atoms with Crippen molar-refractivity contribution in [1.82, 2.24) is 14.8 Å². The minimum absolute atomic E-state index is 0.204. The van der Waals surface area contributed by atoms with Crippen LogP contribution in [0.5, 0.6) is 0 Å². The van der Waals surface area contributed by atoms with E-state index in [0.29, 0.717) is 5.25 Å². The van der Waals surface area contributed by atoms with Crippen LogP contribution in [0.25, 0.3) is 11.6 Å². The van der Waals surface area contributed by atoms with Gasteiger partial charge in [-0.2, -0.15) is 5.26 Å². The lowest BCUT2D eigenvalue weighted by Gasteiger charge is -2.09. The fraction of sp³-hybridized carbons (Fsp3) is 0.500. The third kappa shape index (κ3) is 2.46. The minimum Gasteiger partial charge on any atom is -0.461 e. The van der Waals surface area contributed by atoms with E-state index in [1.807, 2.05) is 12.1 Å². The third-order valence-corrected chi connectivity index (χ3v) is 4.89. The zero-order valence-corrected chi connectivity index (χ0v) is 12.1. The molecule has 0 aromatic carbocycles. The summed E-state index contributed by atoms with van der Waals surface area (Å²) >= 11 is 1.74. The normalized spacial score (nSPS) is 22.0. The summed E-state index contributed by atoms with van der Waals surface area (Å²) in [5.74, 6) is 1.72. The molecule has 5 nitrogen and oxygen atoms in total. The summed E-state index contributed by atoms with van der Waals surface area (Å²) in [7, 11) is 0. The molecule has 0 unspecified atom stereocenters. The van der Waals surface area contributed by atoms with Gasteiger partial charge in [-0.15, -0.1) is 10.2 Å². The van der Waals surface area contributed by atoms with E-state index < -0.39 is 0 Å². The molecule has 0 spiro atoms. The van der Waals surface area contributed by atoms with Crippen LogP contribution >= 0.6 is 11.8 Å². The highest BCUT2D eigenvalue weighted by Crippen LogP contribution is 2.37. The van der Waals surface area contributed by atoms with Crippen molar-refractivity contribution in [3.8, 4) is 17.7 Å². The molecule has 1 aliphatic rings. The third-order valence-electron chi connectivity index (χ3n) is 3.61. The van der Waals surface area contributed by atoms with Crippen LogP contribution in [0.1, 0.15) is 26.2 Å². The smallest absolute Gasteiger partial charge is 0.200 e. The Kier molecular flexibility index (Phi) is 3.79. The highest BCUT2D eigenvalue weighted by atomic mass is 32.2. The van der Waals surface area contributed by atoms with Crippen molar-refractivity contribution in [2.75, 3.05) is 0 Å². The minimum atomic E-state index is 0.204. The first kappa shape index (κ1) is 13.3. The number of hydrogen-bond acceptors (Lipinski definition) is 5. The number of furan rings is 1. The van der Waals surface area contributed by atoms with Gasteiger partial charge in [0.05, 0.1) is 12.3 Å². The van der Waals surface area contributed by atoms with Crippen LogP contribution in [-0.4, -0.2) is 20.0 Å². The topological polar surface area (TPSA) is 67.6 Å². The monoisotopic (exact) mass is 288 g/mol. The zero-order valence-electron chi connectivity index (χ0n) is 11.3. The van der Waals surface area contributed by atoms with Gasteiger partial charge >= 0.3 is 0 Å². The molecule has 0 N–H and O–H groups in total. The van der Waals surface area contributed by atoms with Crippen LogP contribution in [0.4, 0.5) is 0 Å². The highest BCUT2D eigenvalue weighted by molar-refractivity contribution is 7.99. The molecule has 0 bridgehead atoms. The van der Waals surface area contributed by atoms with E-state index in [1.165, 1.54) is 0 Å². The largest absolute Gasteiger partial charge is 0.461 e. The second-order valence-corrected chi connectivity index (χ2v) is 6.17. The van der Waals surface area contributed by atoms with Gasteiger partial charge in [0.25, 0.3) is 0 Å². The van der Waals surface area contributed by atoms with E-state index in [4.69, 9.17) is 9.68 Å². The maximum atomic E-state index is 8.97. The molecule has 1 fully saturated rings. The fourth-order valence-corrected chi connectivity index (χ4v) is 3.87. The molecule has 0 saturated heterocycles. The van der Waals surface area contributed by atoms with Gasteiger partial charge in [0.1, 0.15) is 0 Å². The van der Waals surface area contributed by atoms with Crippen LogP contribution in [-0.2, 0) is 6.54 Å². The van der Waals surface area contributed by atoms with E-state index in [2.05, 4.69) is 27.8 Å². The lowest BCUT2D eigenvalue weighted by molar-refractivity contribution is 0.566. The van der Waals surface area contributed by atoms with E-state index in [-0.39, 0.29) is 5.92 Å². The van der Waals surface area contributed by atoms with E-state index in [9.17, 15) is 0 Å². The van der Waals surface area contributed by atoms with Crippen LogP contribution in [0, 0.1) is 17.2 Å². The van der Waals surface area contributed by atoms with Gasteiger partial charge in [-0.3, -0.25) is 4.57 Å². The van der Waals surface area contributed by atoms with Gasteiger partial charge in [0, 0.05) is 17.7 Å². The van der Waals surface area contributed by atoms with Gasteiger partial charge in [-0.25, -0.2) is 0 Å². The molecule has 2 atom stereocenters. The first-order valence-corrected chi connectivity index (χ1v) is 7.73. The molecular formula is C14H16N4OS. The van der Waals surface area contributed by atoms with Crippen LogP contribution in [0.15, 0.2) is 28.0 Å². The Labute approximate surface area is 122 Å². The number of hydrogen-bond donors (Lipinski definition) is 0. The molecule has 0 radical (unpaired) electrons. The number of nitrogens with zero attached hydrogens (tertiary/aromatic N) is 4. The van der Waals surface area contributed by atoms with Crippen molar-refractivity contribution < 1.29 is 4.42 Å². The fourth-order valence-electron chi connectivity index (χ4n) is 2.56. The molecular weight excluding hydrogens is 272 g/mol. The maximum absolute atomic E-state index is 8.97. The Morgan fingerprint density at radius 3 is 3.05 bits per heavy atom. The van der Waals surface area contributed by atoms with Crippen LogP contribution in [0.2, 0.25) is 0 Å². The molecule has 2 aromatic rings. The number of thioether (sulfide) groups is 1. The molecule has 2 aromatic heterocycles. The first-order chi connectivity index (χ1) is 9.81. The quantitative estimate of drug-likeness (QED) is 0.863. The van der Waals surface area contributed by atoms with Crippen LogP contribution < -0.4 is 0 Å². The average molecular weight is 288 g/mol. The predicted molar refractivity (Wildman–Crippen MR) is 76.0 cm³/mol. The SMILES string of the molecule is CCn1c(S[C@@H]2CC[C@H](C#N)C2)nnc1-c1ccco1. The van der Waals surface area contributed by atoms with Crippen LogP contribution in [0.3, 0.4) is 0 Å². The second kappa shape index (κ2) is 5.71. The van der Waals surface area contributed by atoms with Gasteiger partial charge in [-0.05, 0) is 38.3 Å². The zero-order chi connectivity index (χ0) is 13.9. The molecule has 1 aliphatic carbocycles. The summed E-state index contributed by atoms with van der Waals surface area (Å²) in [5, 5.41) is 18.9. The van der Waals surface area contributed by atoms with Crippen molar-refractivity contribution in [3.05, 3.63) is 18.4 Å². The molecule has 6 heteroatoms. The Hall–Kier alpha value is -1.74. The molecule has 104 valence electrons. The number of nitriles is 1. The van der Waals surface area contributed by atoms with Gasteiger partial charge in [0.15, 0.2) is 16.7 Å². The highest BCUT2D eigenvalue weighted by Gasteiger charge is 2.27. The standard InChI is InChI=1S/C14H16N4OS/c1-2-18-13(12-4-3-7-19-12)16-17-14(18)20-11-6-5-10(8-11)9-15/h3-4,7,10-11H,2,5-6,8H2,1H3/t10-,11+/m0/s1. The number of aromatic nitrogens is 3. The molecule has 3 rings (SSSR count). The molecule has 1 saturated carbocycles. The summed E-state index contributed by atoms with van der Waals surface area (Å²) in [6, 6.07) is 6.11. The first-order valence-electron chi connectivity index (χ1n) is 6.85. The average Bonchev–Trinajstić information content (AvgIpc) is 3.19. The molecule has 0 amide bonds. The van der Waals surface area contributed by atoms with Crippen molar-refractivity contribution in [2.24, 2.45) is 5.92 Å². The number of rotatable bonds is 4. The Morgan fingerprint density at radius 2 is 2.40 bits per heavy atom. The lowest BCUT2D eigenvalue weighted by Crippen LogP contribution is -2.03. The van der Waals surface area contributed by atoms with Gasteiger partial charge in [0.2, 0.25) is 0 Å². The van der Waals surface area contributed by atoms with E-state index in [0.717, 1.165) is 42.5 Å². The van der Waals surface area contributed by atoms with Gasteiger partial charge in [-0.1, -0.05) is 11.8 Å². The van der Waals surface area contributed by atoms with E-state index in [1.54, 1.807) is 18.0 Å². The predicted octanol–water partition coefficient (Wildman–Crippen LogP) is 3.34. The van der Waals surface area contributed by atoms with E-state index >= 15 is 0 Å². The summed E-state index contributed by atoms with van der Waals surface area (Å²) in [6.07, 6.45) is 4.67. The Bertz CT molecular complexity index is 614. The van der Waals surface area contributed by atoms with Crippen molar-refractivity contribution in [3.63, 3.8) is 0 Å². The molecule has 0 aliphatic heterocycles. The maximum Gasteiger partial charge on any atom is 0.200 e. The van der Waals surface area contributed by atoms with Gasteiger partial charge < -0.3 is 4.42 Å². The van der Waals surface area contributed by atoms with Crippen molar-refractivity contribution in [2.45, 2.75) is 43.1 Å².